The molecule has 0 aliphatic carbocycles. The first-order valence-corrected chi connectivity index (χ1v) is 9.63. The minimum absolute atomic E-state index is 0.104. The largest absolute Gasteiger partial charge is 0.497 e. The first-order chi connectivity index (χ1) is 14.6. The zero-order chi connectivity index (χ0) is 20.9. The Hall–Kier alpha value is -3.68. The summed E-state index contributed by atoms with van der Waals surface area (Å²) in [5.74, 6) is 0.992. The summed E-state index contributed by atoms with van der Waals surface area (Å²) in [6, 6.07) is 14.3. The van der Waals surface area contributed by atoms with E-state index in [-0.39, 0.29) is 18.3 Å². The predicted octanol–water partition coefficient (Wildman–Crippen LogP) is 3.22. The molecule has 154 valence electrons. The Kier molecular flexibility index (Phi) is 5.74. The number of hydrogen-bond acceptors (Lipinski definition) is 7. The lowest BCUT2D eigenvalue weighted by Gasteiger charge is -2.15. The number of nitrogens with zero attached hydrogens (tertiary/aromatic N) is 3. The Labute approximate surface area is 173 Å². The molecule has 2 aromatic carbocycles. The number of hydrogen-bond donors (Lipinski definition) is 0. The van der Waals surface area contributed by atoms with Crippen LogP contribution in [0.5, 0.6) is 5.75 Å². The van der Waals surface area contributed by atoms with Gasteiger partial charge in [0.25, 0.3) is 5.89 Å². The number of benzene rings is 2. The van der Waals surface area contributed by atoms with Crippen LogP contribution in [-0.4, -0.2) is 40.6 Å². The molecule has 0 spiro atoms. The van der Waals surface area contributed by atoms with E-state index >= 15 is 0 Å². The fraction of sp³-hybridized carbons (Fsp3) is 0.273. The van der Waals surface area contributed by atoms with Gasteiger partial charge in [-0.15, -0.1) is 0 Å². The van der Waals surface area contributed by atoms with Gasteiger partial charge in [-0.05, 0) is 48.4 Å². The van der Waals surface area contributed by atoms with Crippen molar-refractivity contribution in [1.29, 1.82) is 0 Å². The van der Waals surface area contributed by atoms with E-state index < -0.39 is 5.97 Å². The Balaban J connectivity index is 1.36. The molecule has 1 fully saturated rings. The van der Waals surface area contributed by atoms with Crippen LogP contribution in [0.4, 0.5) is 0 Å². The van der Waals surface area contributed by atoms with E-state index in [9.17, 15) is 9.59 Å². The third-order valence-electron chi connectivity index (χ3n) is 4.84. The van der Waals surface area contributed by atoms with Crippen LogP contribution in [-0.2, 0) is 22.7 Å². The summed E-state index contributed by atoms with van der Waals surface area (Å²) in [4.78, 5) is 30.3. The zero-order valence-corrected chi connectivity index (χ0v) is 16.5. The minimum Gasteiger partial charge on any atom is -0.497 e. The van der Waals surface area contributed by atoms with Crippen LogP contribution in [0.25, 0.3) is 11.5 Å². The Morgan fingerprint density at radius 3 is 2.77 bits per heavy atom. The second-order valence-corrected chi connectivity index (χ2v) is 6.94. The van der Waals surface area contributed by atoms with Crippen LogP contribution in [0.15, 0.2) is 53.1 Å². The van der Waals surface area contributed by atoms with Crippen molar-refractivity contribution in [3.05, 3.63) is 65.5 Å². The molecule has 1 saturated heterocycles. The van der Waals surface area contributed by atoms with Gasteiger partial charge in [0.05, 0.1) is 12.7 Å². The van der Waals surface area contributed by atoms with Crippen molar-refractivity contribution < 1.29 is 23.6 Å². The number of carbonyl (C=O) groups is 2. The smallest absolute Gasteiger partial charge is 0.338 e. The molecule has 0 saturated carbocycles. The highest BCUT2D eigenvalue weighted by molar-refractivity contribution is 5.89. The first-order valence-electron chi connectivity index (χ1n) is 9.63. The van der Waals surface area contributed by atoms with E-state index in [4.69, 9.17) is 14.0 Å². The summed E-state index contributed by atoms with van der Waals surface area (Å²) in [6.45, 7) is 1.14. The topological polar surface area (TPSA) is 94.8 Å². The molecule has 0 N–H and O–H groups in total. The lowest BCUT2D eigenvalue weighted by atomic mass is 10.1. The lowest BCUT2D eigenvalue weighted by molar-refractivity contribution is -0.128. The number of aromatic nitrogens is 2. The van der Waals surface area contributed by atoms with E-state index in [2.05, 4.69) is 10.1 Å². The average Bonchev–Trinajstić information content (AvgIpc) is 3.41. The summed E-state index contributed by atoms with van der Waals surface area (Å²) >= 11 is 0. The Morgan fingerprint density at radius 2 is 2.03 bits per heavy atom. The minimum atomic E-state index is -0.486. The molecule has 1 aromatic heterocycles. The number of methoxy groups -OCH3 is 1. The van der Waals surface area contributed by atoms with Crippen LogP contribution in [0.3, 0.4) is 0 Å². The number of esters is 1. The molecule has 0 unspecified atom stereocenters. The molecule has 3 aromatic rings. The molecular weight excluding hydrogens is 386 g/mol. The van der Waals surface area contributed by atoms with E-state index in [0.29, 0.717) is 24.4 Å². The van der Waals surface area contributed by atoms with Gasteiger partial charge in [-0.25, -0.2) is 4.79 Å². The van der Waals surface area contributed by atoms with E-state index in [0.717, 1.165) is 29.8 Å². The summed E-state index contributed by atoms with van der Waals surface area (Å²) in [6.07, 6.45) is 1.47. The predicted molar refractivity (Wildman–Crippen MR) is 106 cm³/mol. The zero-order valence-electron chi connectivity index (χ0n) is 16.5. The Bertz CT molecular complexity index is 1040. The number of rotatable bonds is 7. The quantitative estimate of drug-likeness (QED) is 0.555. The van der Waals surface area contributed by atoms with E-state index in [1.165, 1.54) is 0 Å². The van der Waals surface area contributed by atoms with Crippen LogP contribution in [0.2, 0.25) is 0 Å². The van der Waals surface area contributed by atoms with Crippen molar-refractivity contribution in [2.24, 2.45) is 0 Å². The molecule has 8 nitrogen and oxygen atoms in total. The molecular formula is C22H21N3O5. The standard InChI is InChI=1S/C22H21N3O5/c1-28-18-9-7-16(8-10-18)21-23-19(24-30-21)14-29-22(27)17-5-2-4-15(12-17)13-25-11-3-6-20(25)26/h2,4-5,7-10,12H,3,6,11,13-14H2,1H3. The van der Waals surface area contributed by atoms with Gasteiger partial charge >= 0.3 is 5.97 Å². The molecule has 8 heteroatoms. The molecule has 0 atom stereocenters. The average molecular weight is 407 g/mol. The highest BCUT2D eigenvalue weighted by Gasteiger charge is 2.20. The van der Waals surface area contributed by atoms with Gasteiger partial charge in [0, 0.05) is 25.1 Å². The van der Waals surface area contributed by atoms with E-state index in [1.807, 2.05) is 6.07 Å². The van der Waals surface area contributed by atoms with Gasteiger partial charge < -0.3 is 18.9 Å². The molecule has 0 radical (unpaired) electrons. The Morgan fingerprint density at radius 1 is 1.20 bits per heavy atom. The third-order valence-corrected chi connectivity index (χ3v) is 4.84. The van der Waals surface area contributed by atoms with Crippen molar-refractivity contribution in [1.82, 2.24) is 15.0 Å². The fourth-order valence-corrected chi connectivity index (χ4v) is 3.27. The summed E-state index contributed by atoms with van der Waals surface area (Å²) in [5, 5.41) is 3.86. The van der Waals surface area contributed by atoms with Gasteiger partial charge in [-0.3, -0.25) is 4.79 Å². The second-order valence-electron chi connectivity index (χ2n) is 6.94. The van der Waals surface area contributed by atoms with Crippen LogP contribution < -0.4 is 4.74 Å². The van der Waals surface area contributed by atoms with Crippen molar-refractivity contribution in [2.45, 2.75) is 26.0 Å². The van der Waals surface area contributed by atoms with Crippen molar-refractivity contribution in [3.63, 3.8) is 0 Å². The SMILES string of the molecule is COc1ccc(-c2nc(COC(=O)c3cccc(CN4CCCC4=O)c3)no2)cc1. The number of likely N-dealkylation sites (tertiary alicyclic amines) is 1. The van der Waals surface area contributed by atoms with E-state index in [1.54, 1.807) is 54.5 Å². The fourth-order valence-electron chi connectivity index (χ4n) is 3.27. The summed E-state index contributed by atoms with van der Waals surface area (Å²) in [7, 11) is 1.59. The van der Waals surface area contributed by atoms with Gasteiger partial charge in [0.15, 0.2) is 6.61 Å². The van der Waals surface area contributed by atoms with Gasteiger partial charge in [-0.1, -0.05) is 17.3 Å². The molecule has 1 amide bonds. The molecule has 1 aliphatic rings. The maximum Gasteiger partial charge on any atom is 0.338 e. The second kappa shape index (κ2) is 8.77. The normalized spacial score (nSPS) is 13.5. The van der Waals surface area contributed by atoms with Crippen LogP contribution in [0.1, 0.15) is 34.6 Å². The monoisotopic (exact) mass is 407 g/mol. The molecule has 30 heavy (non-hydrogen) atoms. The van der Waals surface area contributed by atoms with Crippen LogP contribution in [0, 0.1) is 0 Å². The molecule has 2 heterocycles. The van der Waals surface area contributed by atoms with Crippen molar-refractivity contribution >= 4 is 11.9 Å². The summed E-state index contributed by atoms with van der Waals surface area (Å²) < 4.78 is 15.7. The van der Waals surface area contributed by atoms with Crippen molar-refractivity contribution in [2.75, 3.05) is 13.7 Å². The molecule has 1 aliphatic heterocycles. The highest BCUT2D eigenvalue weighted by Crippen LogP contribution is 2.21. The highest BCUT2D eigenvalue weighted by atomic mass is 16.5. The van der Waals surface area contributed by atoms with Crippen molar-refractivity contribution in [3.8, 4) is 17.2 Å². The lowest BCUT2D eigenvalue weighted by Crippen LogP contribution is -2.23. The number of amides is 1. The first kappa shape index (κ1) is 19.6. The number of ether oxygens (including phenoxy) is 2. The van der Waals surface area contributed by atoms with Crippen LogP contribution >= 0.6 is 0 Å². The van der Waals surface area contributed by atoms with Gasteiger partial charge in [-0.2, -0.15) is 4.98 Å². The molecule has 0 bridgehead atoms. The number of carbonyl (C=O) groups excluding carboxylic acids is 2. The maximum absolute atomic E-state index is 12.4. The molecule has 4 rings (SSSR count). The summed E-state index contributed by atoms with van der Waals surface area (Å²) in [5.41, 5.74) is 2.05. The van der Waals surface area contributed by atoms with Gasteiger partial charge in [0.1, 0.15) is 5.75 Å². The third kappa shape index (κ3) is 4.48. The maximum atomic E-state index is 12.4. The van der Waals surface area contributed by atoms with Gasteiger partial charge in [0.2, 0.25) is 11.7 Å².